The summed E-state index contributed by atoms with van der Waals surface area (Å²) < 4.78 is 57.3. The van der Waals surface area contributed by atoms with Crippen LogP contribution in [0.2, 0.25) is 0 Å². The van der Waals surface area contributed by atoms with Gasteiger partial charge >= 0.3 is 0 Å². The number of hydrogen-bond acceptors (Lipinski definition) is 4. The van der Waals surface area contributed by atoms with Crippen LogP contribution in [0.5, 0.6) is 0 Å². The molecule has 0 radical (unpaired) electrons. The number of rotatable bonds is 5. The first-order valence-electron chi connectivity index (χ1n) is 5.93. The van der Waals surface area contributed by atoms with Crippen LogP contribution < -0.4 is 4.72 Å². The first-order chi connectivity index (χ1) is 9.72. The highest BCUT2D eigenvalue weighted by Crippen LogP contribution is 2.21. The summed E-state index contributed by atoms with van der Waals surface area (Å²) in [5.74, 6) is -1.93. The van der Waals surface area contributed by atoms with Crippen LogP contribution >= 0.6 is 0 Å². The fraction of sp³-hybridized carbons (Fsp3) is 0.231. The van der Waals surface area contributed by atoms with Crippen molar-refractivity contribution in [2.75, 3.05) is 6.54 Å². The van der Waals surface area contributed by atoms with Gasteiger partial charge in [-0.25, -0.2) is 21.9 Å². The highest BCUT2D eigenvalue weighted by atomic mass is 32.2. The van der Waals surface area contributed by atoms with Gasteiger partial charge in [0.15, 0.2) is 0 Å². The van der Waals surface area contributed by atoms with Crippen molar-refractivity contribution < 1.29 is 26.7 Å². The number of benzene rings is 1. The molecular formula is C13H13F2NO4S. The molecule has 0 bridgehead atoms. The molecule has 0 aliphatic heterocycles. The van der Waals surface area contributed by atoms with E-state index < -0.39 is 38.7 Å². The predicted molar refractivity (Wildman–Crippen MR) is 69.8 cm³/mol. The molecule has 1 aromatic heterocycles. The Labute approximate surface area is 120 Å². The molecule has 114 valence electrons. The second-order valence-corrected chi connectivity index (χ2v) is 6.39. The van der Waals surface area contributed by atoms with E-state index in [-0.39, 0.29) is 5.76 Å². The van der Waals surface area contributed by atoms with Crippen LogP contribution in [-0.4, -0.2) is 20.1 Å². The first kappa shape index (κ1) is 15.6. The lowest BCUT2D eigenvalue weighted by atomic mass is 10.1. The Morgan fingerprint density at radius 1 is 1.33 bits per heavy atom. The van der Waals surface area contributed by atoms with Gasteiger partial charge in [0.25, 0.3) is 0 Å². The molecule has 0 saturated carbocycles. The lowest BCUT2D eigenvalue weighted by Crippen LogP contribution is -2.38. The molecule has 2 rings (SSSR count). The van der Waals surface area contributed by atoms with E-state index in [4.69, 9.17) is 4.42 Å². The molecule has 1 unspecified atom stereocenters. The minimum Gasteiger partial charge on any atom is -0.466 e. The fourth-order valence-electron chi connectivity index (χ4n) is 1.68. The van der Waals surface area contributed by atoms with E-state index in [1.165, 1.54) is 25.3 Å². The molecule has 0 saturated heterocycles. The zero-order chi connectivity index (χ0) is 15.7. The van der Waals surface area contributed by atoms with Crippen LogP contribution in [0, 0.1) is 11.6 Å². The second kappa shape index (κ2) is 5.55. The summed E-state index contributed by atoms with van der Waals surface area (Å²) >= 11 is 0. The fourth-order valence-corrected chi connectivity index (χ4v) is 2.87. The number of hydrogen-bond donors (Lipinski definition) is 2. The normalized spacial score (nSPS) is 14.9. The van der Waals surface area contributed by atoms with E-state index in [0.29, 0.717) is 6.07 Å². The molecule has 0 amide bonds. The molecule has 21 heavy (non-hydrogen) atoms. The maximum Gasteiger partial charge on any atom is 0.243 e. The zero-order valence-electron chi connectivity index (χ0n) is 11.0. The van der Waals surface area contributed by atoms with Crippen molar-refractivity contribution in [3.05, 3.63) is 54.0 Å². The van der Waals surface area contributed by atoms with Crippen LogP contribution in [0.3, 0.4) is 0 Å². The SMILES string of the molecule is CC(O)(CNS(=O)(=O)c1ccc(F)cc1F)c1ccco1. The molecule has 2 N–H and O–H groups in total. The van der Waals surface area contributed by atoms with Crippen LogP contribution in [0.15, 0.2) is 45.9 Å². The maximum atomic E-state index is 13.5. The average molecular weight is 317 g/mol. The summed E-state index contributed by atoms with van der Waals surface area (Å²) in [6.45, 7) is 0.912. The molecule has 1 atom stereocenters. The van der Waals surface area contributed by atoms with E-state index in [1.54, 1.807) is 0 Å². The number of nitrogens with one attached hydrogen (secondary N) is 1. The van der Waals surface area contributed by atoms with E-state index in [9.17, 15) is 22.3 Å². The van der Waals surface area contributed by atoms with Crippen LogP contribution in [0.1, 0.15) is 12.7 Å². The number of furan rings is 1. The van der Waals surface area contributed by atoms with Gasteiger partial charge in [-0.05, 0) is 31.2 Å². The summed E-state index contributed by atoms with van der Waals surface area (Å²) in [5, 5.41) is 10.1. The van der Waals surface area contributed by atoms with Crippen molar-refractivity contribution in [3.8, 4) is 0 Å². The lowest BCUT2D eigenvalue weighted by molar-refractivity contribution is 0.0395. The largest absolute Gasteiger partial charge is 0.466 e. The molecule has 1 aromatic carbocycles. The van der Waals surface area contributed by atoms with Gasteiger partial charge in [0.05, 0.1) is 6.26 Å². The monoisotopic (exact) mass is 317 g/mol. The van der Waals surface area contributed by atoms with Crippen molar-refractivity contribution >= 4 is 10.0 Å². The number of aliphatic hydroxyl groups is 1. The summed E-state index contributed by atoms with van der Waals surface area (Å²) in [6.07, 6.45) is 1.33. The Morgan fingerprint density at radius 3 is 2.62 bits per heavy atom. The van der Waals surface area contributed by atoms with Gasteiger partial charge in [-0.3, -0.25) is 0 Å². The molecule has 0 spiro atoms. The highest BCUT2D eigenvalue weighted by Gasteiger charge is 2.29. The summed E-state index contributed by atoms with van der Waals surface area (Å²) in [4.78, 5) is -0.695. The average Bonchev–Trinajstić information content (AvgIpc) is 2.91. The molecule has 0 aliphatic rings. The maximum absolute atomic E-state index is 13.5. The third kappa shape index (κ3) is 3.46. The van der Waals surface area contributed by atoms with Crippen LogP contribution in [-0.2, 0) is 15.6 Å². The van der Waals surface area contributed by atoms with Gasteiger partial charge in [0, 0.05) is 12.6 Å². The van der Waals surface area contributed by atoms with Gasteiger partial charge in [-0.1, -0.05) is 0 Å². The molecular weight excluding hydrogens is 304 g/mol. The van der Waals surface area contributed by atoms with Crippen molar-refractivity contribution in [3.63, 3.8) is 0 Å². The van der Waals surface area contributed by atoms with E-state index >= 15 is 0 Å². The summed E-state index contributed by atoms with van der Waals surface area (Å²) in [5.41, 5.74) is -1.60. The summed E-state index contributed by atoms with van der Waals surface area (Å²) in [7, 11) is -4.23. The Balaban J connectivity index is 2.19. The van der Waals surface area contributed by atoms with Crippen molar-refractivity contribution in [2.24, 2.45) is 0 Å². The minimum atomic E-state index is -4.23. The quantitative estimate of drug-likeness (QED) is 0.880. The van der Waals surface area contributed by atoms with Gasteiger partial charge in [-0.15, -0.1) is 0 Å². The van der Waals surface area contributed by atoms with Crippen LogP contribution in [0.25, 0.3) is 0 Å². The number of halogens is 2. The smallest absolute Gasteiger partial charge is 0.243 e. The second-order valence-electron chi connectivity index (χ2n) is 4.65. The van der Waals surface area contributed by atoms with Gasteiger partial charge in [-0.2, -0.15) is 0 Å². The molecule has 0 fully saturated rings. The lowest BCUT2D eigenvalue weighted by Gasteiger charge is -2.21. The van der Waals surface area contributed by atoms with Gasteiger partial charge < -0.3 is 9.52 Å². The topological polar surface area (TPSA) is 79.5 Å². The molecule has 0 aliphatic carbocycles. The van der Waals surface area contributed by atoms with E-state index in [0.717, 1.165) is 12.1 Å². The molecule has 2 aromatic rings. The van der Waals surface area contributed by atoms with Gasteiger partial charge in [0.1, 0.15) is 27.9 Å². The summed E-state index contributed by atoms with van der Waals surface area (Å²) in [6, 6.07) is 5.14. The Kier molecular flexibility index (Phi) is 4.13. The predicted octanol–water partition coefficient (Wildman–Crippen LogP) is 1.74. The van der Waals surface area contributed by atoms with Gasteiger partial charge in [0.2, 0.25) is 10.0 Å². The van der Waals surface area contributed by atoms with Crippen molar-refractivity contribution in [2.45, 2.75) is 17.4 Å². The van der Waals surface area contributed by atoms with E-state index in [1.807, 2.05) is 0 Å². The Morgan fingerprint density at radius 2 is 2.05 bits per heavy atom. The highest BCUT2D eigenvalue weighted by molar-refractivity contribution is 7.89. The van der Waals surface area contributed by atoms with E-state index in [2.05, 4.69) is 4.72 Å². The molecule has 5 nitrogen and oxygen atoms in total. The standard InChI is InChI=1S/C13H13F2NO4S/c1-13(17,12-3-2-6-20-12)8-16-21(18,19)11-5-4-9(14)7-10(11)15/h2-7,16-17H,8H2,1H3. The molecule has 8 heteroatoms. The van der Waals surface area contributed by atoms with Crippen LogP contribution in [0.4, 0.5) is 8.78 Å². The van der Waals surface area contributed by atoms with Crippen molar-refractivity contribution in [1.29, 1.82) is 0 Å². The molecule has 1 heterocycles. The third-order valence-electron chi connectivity index (χ3n) is 2.84. The third-order valence-corrected chi connectivity index (χ3v) is 4.28. The Bertz CT molecular complexity index is 727. The first-order valence-corrected chi connectivity index (χ1v) is 7.42. The Hall–Kier alpha value is -1.77. The minimum absolute atomic E-state index is 0.157. The number of sulfonamides is 1. The zero-order valence-corrected chi connectivity index (χ0v) is 11.8. The van der Waals surface area contributed by atoms with Crippen molar-refractivity contribution in [1.82, 2.24) is 4.72 Å².